The predicted molar refractivity (Wildman–Crippen MR) is 73.4 cm³/mol. The van der Waals surface area contributed by atoms with E-state index in [9.17, 15) is 4.79 Å². The highest BCUT2D eigenvalue weighted by atomic mass is 16.5. The Kier molecular flexibility index (Phi) is 5.95. The third-order valence-electron chi connectivity index (χ3n) is 2.74. The minimum absolute atomic E-state index is 0.0355. The normalized spacial score (nSPS) is 14.3. The van der Waals surface area contributed by atoms with Crippen LogP contribution in [-0.4, -0.2) is 31.8 Å². The second kappa shape index (κ2) is 7.23. The Labute approximate surface area is 113 Å². The van der Waals surface area contributed by atoms with Gasteiger partial charge in [-0.05, 0) is 19.4 Å². The average Bonchev–Trinajstić information content (AvgIpc) is 2.38. The lowest BCUT2D eigenvalue weighted by Gasteiger charge is -2.26. The second-order valence-corrected chi connectivity index (χ2v) is 4.67. The molecule has 0 fully saturated rings. The minimum Gasteiger partial charge on any atom is -0.376 e. The number of hydrogen-bond acceptors (Lipinski definition) is 4. The molecule has 0 saturated carbocycles. The Hall–Kier alpha value is -1.43. The van der Waals surface area contributed by atoms with Crippen molar-refractivity contribution in [2.45, 2.75) is 25.5 Å². The molecule has 1 aromatic rings. The first-order valence-corrected chi connectivity index (χ1v) is 6.30. The summed E-state index contributed by atoms with van der Waals surface area (Å²) in [6, 6.07) is 8.99. The Balaban J connectivity index is 2.56. The topological polar surface area (TPSA) is 87.6 Å². The summed E-state index contributed by atoms with van der Waals surface area (Å²) < 4.78 is 10.8. The van der Waals surface area contributed by atoms with Crippen LogP contribution >= 0.6 is 0 Å². The standard InChI is InChI=1S/C14H22N2O3/c1-11(2)19-9-8-18-10-14(16,13(15)17)12-6-4-3-5-7-12/h3-7,11H,8-10,16H2,1-2H3,(H2,15,17). The zero-order valence-corrected chi connectivity index (χ0v) is 11.5. The highest BCUT2D eigenvalue weighted by Gasteiger charge is 2.34. The molecule has 1 amide bonds. The molecule has 0 aliphatic heterocycles. The van der Waals surface area contributed by atoms with Crippen molar-refractivity contribution in [2.75, 3.05) is 19.8 Å². The number of amides is 1. The van der Waals surface area contributed by atoms with Crippen LogP contribution in [-0.2, 0) is 19.8 Å². The van der Waals surface area contributed by atoms with Gasteiger partial charge in [-0.1, -0.05) is 30.3 Å². The molecule has 1 atom stereocenters. The van der Waals surface area contributed by atoms with Gasteiger partial charge in [0.05, 0.1) is 25.9 Å². The van der Waals surface area contributed by atoms with Gasteiger partial charge < -0.3 is 20.9 Å². The number of ether oxygens (including phenoxy) is 2. The monoisotopic (exact) mass is 266 g/mol. The highest BCUT2D eigenvalue weighted by Crippen LogP contribution is 2.18. The van der Waals surface area contributed by atoms with Crippen molar-refractivity contribution < 1.29 is 14.3 Å². The van der Waals surface area contributed by atoms with E-state index in [1.165, 1.54) is 0 Å². The van der Waals surface area contributed by atoms with E-state index in [1.54, 1.807) is 12.1 Å². The summed E-state index contributed by atoms with van der Waals surface area (Å²) in [5.41, 5.74) is 10.8. The lowest BCUT2D eigenvalue weighted by molar-refractivity contribution is -0.126. The summed E-state index contributed by atoms with van der Waals surface area (Å²) in [4.78, 5) is 11.6. The molecule has 0 bridgehead atoms. The quantitative estimate of drug-likeness (QED) is 0.680. The number of hydrogen-bond donors (Lipinski definition) is 2. The first kappa shape index (κ1) is 15.6. The van der Waals surface area contributed by atoms with Gasteiger partial charge in [0.2, 0.25) is 5.91 Å². The van der Waals surface area contributed by atoms with Gasteiger partial charge in [0, 0.05) is 0 Å². The fourth-order valence-corrected chi connectivity index (χ4v) is 1.61. The molecule has 0 saturated heterocycles. The lowest BCUT2D eigenvalue weighted by Crippen LogP contribution is -2.52. The van der Waals surface area contributed by atoms with Crippen LogP contribution in [0.4, 0.5) is 0 Å². The summed E-state index contributed by atoms with van der Waals surface area (Å²) >= 11 is 0. The molecule has 5 heteroatoms. The number of rotatable bonds is 8. The van der Waals surface area contributed by atoms with E-state index in [2.05, 4.69) is 0 Å². The number of nitrogens with two attached hydrogens (primary N) is 2. The van der Waals surface area contributed by atoms with Gasteiger partial charge in [0.15, 0.2) is 0 Å². The van der Waals surface area contributed by atoms with E-state index in [4.69, 9.17) is 20.9 Å². The molecule has 106 valence electrons. The van der Waals surface area contributed by atoms with Crippen molar-refractivity contribution in [3.63, 3.8) is 0 Å². The zero-order chi connectivity index (χ0) is 14.3. The molecule has 5 nitrogen and oxygen atoms in total. The van der Waals surface area contributed by atoms with Gasteiger partial charge in [-0.2, -0.15) is 0 Å². The number of carbonyl (C=O) groups excluding carboxylic acids is 1. The summed E-state index contributed by atoms with van der Waals surface area (Å²) in [5.74, 6) is -0.608. The van der Waals surface area contributed by atoms with Crippen molar-refractivity contribution in [3.8, 4) is 0 Å². The van der Waals surface area contributed by atoms with Crippen molar-refractivity contribution in [3.05, 3.63) is 35.9 Å². The summed E-state index contributed by atoms with van der Waals surface area (Å²) in [7, 11) is 0. The first-order valence-electron chi connectivity index (χ1n) is 6.30. The van der Waals surface area contributed by atoms with E-state index in [1.807, 2.05) is 32.0 Å². The van der Waals surface area contributed by atoms with Crippen LogP contribution in [0.3, 0.4) is 0 Å². The fourth-order valence-electron chi connectivity index (χ4n) is 1.61. The van der Waals surface area contributed by atoms with E-state index in [-0.39, 0.29) is 12.7 Å². The Morgan fingerprint density at radius 2 is 1.89 bits per heavy atom. The van der Waals surface area contributed by atoms with Crippen molar-refractivity contribution >= 4 is 5.91 Å². The lowest BCUT2D eigenvalue weighted by atomic mass is 9.91. The van der Waals surface area contributed by atoms with Crippen LogP contribution in [0.2, 0.25) is 0 Å². The molecule has 0 aromatic heterocycles. The van der Waals surface area contributed by atoms with Crippen LogP contribution in [0.1, 0.15) is 19.4 Å². The molecule has 1 unspecified atom stereocenters. The Morgan fingerprint density at radius 1 is 1.26 bits per heavy atom. The Morgan fingerprint density at radius 3 is 2.42 bits per heavy atom. The van der Waals surface area contributed by atoms with Gasteiger partial charge in [-0.25, -0.2) is 0 Å². The third kappa shape index (κ3) is 4.63. The first-order chi connectivity index (χ1) is 8.97. The maximum Gasteiger partial charge on any atom is 0.244 e. The van der Waals surface area contributed by atoms with Crippen LogP contribution < -0.4 is 11.5 Å². The van der Waals surface area contributed by atoms with Gasteiger partial charge in [0.25, 0.3) is 0 Å². The molecule has 1 rings (SSSR count). The smallest absolute Gasteiger partial charge is 0.244 e. The fraction of sp³-hybridized carbons (Fsp3) is 0.500. The molecule has 19 heavy (non-hydrogen) atoms. The van der Waals surface area contributed by atoms with Gasteiger partial charge in [-0.3, -0.25) is 4.79 Å². The highest BCUT2D eigenvalue weighted by molar-refractivity contribution is 5.86. The van der Waals surface area contributed by atoms with E-state index in [0.29, 0.717) is 18.8 Å². The van der Waals surface area contributed by atoms with Gasteiger partial charge >= 0.3 is 0 Å². The number of primary amides is 1. The summed E-state index contributed by atoms with van der Waals surface area (Å²) in [6.07, 6.45) is 0.150. The molecule has 0 heterocycles. The van der Waals surface area contributed by atoms with Crippen LogP contribution in [0.25, 0.3) is 0 Å². The molecule has 4 N–H and O–H groups in total. The van der Waals surface area contributed by atoms with Crippen molar-refractivity contribution in [1.82, 2.24) is 0 Å². The molecule has 0 radical (unpaired) electrons. The average molecular weight is 266 g/mol. The summed E-state index contributed by atoms with van der Waals surface area (Å²) in [5, 5.41) is 0. The zero-order valence-electron chi connectivity index (χ0n) is 11.5. The maximum absolute atomic E-state index is 11.6. The SMILES string of the molecule is CC(C)OCCOCC(N)(C(N)=O)c1ccccc1. The van der Waals surface area contributed by atoms with E-state index < -0.39 is 11.4 Å². The van der Waals surface area contributed by atoms with Crippen molar-refractivity contribution in [2.24, 2.45) is 11.5 Å². The van der Waals surface area contributed by atoms with E-state index >= 15 is 0 Å². The maximum atomic E-state index is 11.6. The molecular weight excluding hydrogens is 244 g/mol. The molecular formula is C14H22N2O3. The van der Waals surface area contributed by atoms with Crippen LogP contribution in [0, 0.1) is 0 Å². The van der Waals surface area contributed by atoms with Gasteiger partial charge in [0.1, 0.15) is 5.54 Å². The number of benzene rings is 1. The molecule has 0 aliphatic rings. The molecule has 0 spiro atoms. The number of carbonyl (C=O) groups is 1. The van der Waals surface area contributed by atoms with Crippen LogP contribution in [0.15, 0.2) is 30.3 Å². The molecule has 1 aromatic carbocycles. The molecule has 0 aliphatic carbocycles. The van der Waals surface area contributed by atoms with E-state index in [0.717, 1.165) is 0 Å². The second-order valence-electron chi connectivity index (χ2n) is 4.67. The summed E-state index contributed by atoms with van der Waals surface area (Å²) in [6.45, 7) is 4.76. The minimum atomic E-state index is -1.31. The van der Waals surface area contributed by atoms with Gasteiger partial charge in [-0.15, -0.1) is 0 Å². The third-order valence-corrected chi connectivity index (χ3v) is 2.74. The van der Waals surface area contributed by atoms with Crippen LogP contribution in [0.5, 0.6) is 0 Å². The Bertz CT molecular complexity index is 395. The predicted octanol–water partition coefficient (Wildman–Crippen LogP) is 0.768. The van der Waals surface area contributed by atoms with Crippen molar-refractivity contribution in [1.29, 1.82) is 0 Å². The largest absolute Gasteiger partial charge is 0.376 e.